The van der Waals surface area contributed by atoms with Crippen LogP contribution in [0.5, 0.6) is 0 Å². The van der Waals surface area contributed by atoms with E-state index in [0.717, 1.165) is 30.4 Å². The van der Waals surface area contributed by atoms with Crippen LogP contribution in [0.2, 0.25) is 0 Å². The molecule has 0 fully saturated rings. The lowest BCUT2D eigenvalue weighted by Gasteiger charge is -2.02. The van der Waals surface area contributed by atoms with Crippen molar-refractivity contribution in [3.8, 4) is 0 Å². The van der Waals surface area contributed by atoms with Crippen molar-refractivity contribution < 1.29 is 5.11 Å². The van der Waals surface area contributed by atoms with Gasteiger partial charge in [-0.25, -0.2) is 0 Å². The molecule has 0 rings (SSSR count). The Labute approximate surface area is 83.2 Å². The van der Waals surface area contributed by atoms with Gasteiger partial charge in [0.2, 0.25) is 0 Å². The summed E-state index contributed by atoms with van der Waals surface area (Å²) in [7, 11) is 0. The summed E-state index contributed by atoms with van der Waals surface area (Å²) in [5.41, 5.74) is 0. The highest BCUT2D eigenvalue weighted by Gasteiger charge is 1.90. The average molecular weight is 236 g/mol. The summed E-state index contributed by atoms with van der Waals surface area (Å²) in [6.45, 7) is 5.93. The number of unbranched alkanes of at least 4 members (excludes halogenated alkanes) is 3. The third-order valence-electron chi connectivity index (χ3n) is 1.58. The van der Waals surface area contributed by atoms with Crippen LogP contribution in [0.1, 0.15) is 25.7 Å². The van der Waals surface area contributed by atoms with Crippen molar-refractivity contribution >= 4 is 15.9 Å². The number of nitrogens with one attached hydrogen (secondary N) is 1. The Balaban J connectivity index is 2.86. The van der Waals surface area contributed by atoms with E-state index in [4.69, 9.17) is 5.11 Å². The SMILES string of the molecule is C=C(Br)CNCCCCCCO. The van der Waals surface area contributed by atoms with Crippen molar-refractivity contribution in [2.45, 2.75) is 25.7 Å². The van der Waals surface area contributed by atoms with Crippen molar-refractivity contribution in [3.63, 3.8) is 0 Å². The first-order valence-electron chi connectivity index (χ1n) is 4.42. The van der Waals surface area contributed by atoms with Gasteiger partial charge in [-0.15, -0.1) is 0 Å². The highest BCUT2D eigenvalue weighted by molar-refractivity contribution is 9.11. The van der Waals surface area contributed by atoms with E-state index < -0.39 is 0 Å². The van der Waals surface area contributed by atoms with Gasteiger partial charge in [0.25, 0.3) is 0 Å². The van der Waals surface area contributed by atoms with Crippen molar-refractivity contribution in [1.82, 2.24) is 5.32 Å². The average Bonchev–Trinajstić information content (AvgIpc) is 2.02. The maximum absolute atomic E-state index is 8.51. The first-order valence-corrected chi connectivity index (χ1v) is 5.21. The van der Waals surface area contributed by atoms with Crippen LogP contribution >= 0.6 is 15.9 Å². The molecule has 0 atom stereocenters. The molecular weight excluding hydrogens is 218 g/mol. The van der Waals surface area contributed by atoms with E-state index >= 15 is 0 Å². The van der Waals surface area contributed by atoms with Crippen LogP contribution in [0.15, 0.2) is 11.1 Å². The largest absolute Gasteiger partial charge is 0.396 e. The fourth-order valence-corrected chi connectivity index (χ4v) is 1.14. The van der Waals surface area contributed by atoms with E-state index in [1.807, 2.05) is 0 Å². The molecule has 0 saturated heterocycles. The molecule has 0 bridgehead atoms. The zero-order valence-corrected chi connectivity index (χ0v) is 9.07. The maximum atomic E-state index is 8.51. The lowest BCUT2D eigenvalue weighted by molar-refractivity contribution is 0.282. The third-order valence-corrected chi connectivity index (χ3v) is 1.86. The second-order valence-electron chi connectivity index (χ2n) is 2.83. The van der Waals surface area contributed by atoms with Crippen molar-refractivity contribution in [2.75, 3.05) is 19.7 Å². The number of hydrogen-bond donors (Lipinski definition) is 2. The van der Waals surface area contributed by atoms with Gasteiger partial charge in [0.1, 0.15) is 0 Å². The molecule has 0 radical (unpaired) electrons. The van der Waals surface area contributed by atoms with Gasteiger partial charge in [-0.3, -0.25) is 0 Å². The normalized spacial score (nSPS) is 10.2. The smallest absolute Gasteiger partial charge is 0.0431 e. The fraction of sp³-hybridized carbons (Fsp3) is 0.778. The van der Waals surface area contributed by atoms with Crippen molar-refractivity contribution in [2.24, 2.45) is 0 Å². The van der Waals surface area contributed by atoms with Crippen LogP contribution in [-0.4, -0.2) is 24.8 Å². The summed E-state index contributed by atoms with van der Waals surface area (Å²) in [4.78, 5) is 0. The minimum atomic E-state index is 0.325. The lowest BCUT2D eigenvalue weighted by atomic mass is 10.2. The molecule has 0 unspecified atom stereocenters. The molecule has 0 aromatic rings. The van der Waals surface area contributed by atoms with Gasteiger partial charge in [-0.2, -0.15) is 0 Å². The molecule has 0 aromatic heterocycles. The van der Waals surface area contributed by atoms with E-state index in [-0.39, 0.29) is 0 Å². The number of aliphatic hydroxyl groups is 1. The molecule has 0 aliphatic rings. The Morgan fingerprint density at radius 1 is 1.25 bits per heavy atom. The van der Waals surface area contributed by atoms with Gasteiger partial charge in [-0.1, -0.05) is 35.4 Å². The van der Waals surface area contributed by atoms with Crippen LogP contribution in [0, 0.1) is 0 Å². The monoisotopic (exact) mass is 235 g/mol. The van der Waals surface area contributed by atoms with Gasteiger partial charge >= 0.3 is 0 Å². The molecule has 0 spiro atoms. The van der Waals surface area contributed by atoms with Crippen molar-refractivity contribution in [1.29, 1.82) is 0 Å². The second kappa shape index (κ2) is 9.23. The maximum Gasteiger partial charge on any atom is 0.0431 e. The van der Waals surface area contributed by atoms with Gasteiger partial charge in [0, 0.05) is 17.6 Å². The lowest BCUT2D eigenvalue weighted by Crippen LogP contribution is -2.16. The van der Waals surface area contributed by atoms with E-state index in [0.29, 0.717) is 6.61 Å². The van der Waals surface area contributed by atoms with Crippen LogP contribution in [0.3, 0.4) is 0 Å². The first-order chi connectivity index (χ1) is 5.77. The van der Waals surface area contributed by atoms with Crippen LogP contribution in [-0.2, 0) is 0 Å². The summed E-state index contributed by atoms with van der Waals surface area (Å²) in [5, 5.41) is 11.8. The number of aliphatic hydroxyl groups excluding tert-OH is 1. The minimum Gasteiger partial charge on any atom is -0.396 e. The molecule has 0 aromatic carbocycles. The molecule has 0 heterocycles. The van der Waals surface area contributed by atoms with Crippen LogP contribution < -0.4 is 5.32 Å². The summed E-state index contributed by atoms with van der Waals surface area (Å²) in [6.07, 6.45) is 4.45. The number of rotatable bonds is 8. The molecular formula is C9H18BrNO. The Bertz CT molecular complexity index is 117. The molecule has 2 nitrogen and oxygen atoms in total. The van der Waals surface area contributed by atoms with E-state index in [1.54, 1.807) is 0 Å². The predicted octanol–water partition coefficient (Wildman–Crippen LogP) is 2.04. The molecule has 0 amide bonds. The summed E-state index contributed by atoms with van der Waals surface area (Å²) < 4.78 is 0.998. The number of halogens is 1. The van der Waals surface area contributed by atoms with E-state index in [1.165, 1.54) is 12.8 Å². The standard InChI is InChI=1S/C9H18BrNO/c1-9(10)8-11-6-4-2-3-5-7-12/h11-12H,1-8H2. The summed E-state index contributed by atoms with van der Waals surface area (Å²) in [5.74, 6) is 0. The quantitative estimate of drug-likeness (QED) is 0.632. The van der Waals surface area contributed by atoms with Crippen molar-refractivity contribution in [3.05, 3.63) is 11.1 Å². The molecule has 0 aliphatic heterocycles. The molecule has 12 heavy (non-hydrogen) atoms. The van der Waals surface area contributed by atoms with E-state index in [2.05, 4.69) is 27.8 Å². The first kappa shape index (κ1) is 12.1. The van der Waals surface area contributed by atoms with Crippen LogP contribution in [0.4, 0.5) is 0 Å². The highest BCUT2D eigenvalue weighted by Crippen LogP contribution is 1.99. The zero-order chi connectivity index (χ0) is 9.23. The second-order valence-corrected chi connectivity index (χ2v) is 3.95. The van der Waals surface area contributed by atoms with Gasteiger partial charge in [0.15, 0.2) is 0 Å². The Morgan fingerprint density at radius 2 is 1.92 bits per heavy atom. The Hall–Kier alpha value is 0.140. The highest BCUT2D eigenvalue weighted by atomic mass is 79.9. The Kier molecular flexibility index (Phi) is 9.34. The minimum absolute atomic E-state index is 0.325. The fourth-order valence-electron chi connectivity index (χ4n) is 0.939. The van der Waals surface area contributed by atoms with Gasteiger partial charge < -0.3 is 10.4 Å². The topological polar surface area (TPSA) is 32.3 Å². The van der Waals surface area contributed by atoms with Gasteiger partial charge in [0.05, 0.1) is 0 Å². The summed E-state index contributed by atoms with van der Waals surface area (Å²) in [6, 6.07) is 0. The summed E-state index contributed by atoms with van der Waals surface area (Å²) >= 11 is 3.28. The third kappa shape index (κ3) is 10.1. The molecule has 0 aliphatic carbocycles. The molecule has 3 heteroatoms. The zero-order valence-electron chi connectivity index (χ0n) is 7.48. The van der Waals surface area contributed by atoms with E-state index in [9.17, 15) is 0 Å². The van der Waals surface area contributed by atoms with Crippen LogP contribution in [0.25, 0.3) is 0 Å². The molecule has 72 valence electrons. The molecule has 2 N–H and O–H groups in total. The predicted molar refractivity (Wildman–Crippen MR) is 56.5 cm³/mol. The number of hydrogen-bond acceptors (Lipinski definition) is 2. The molecule has 0 saturated carbocycles. The van der Waals surface area contributed by atoms with Gasteiger partial charge in [-0.05, 0) is 19.4 Å². The Morgan fingerprint density at radius 3 is 2.50 bits per heavy atom.